The first-order chi connectivity index (χ1) is 15.9. The summed E-state index contributed by atoms with van der Waals surface area (Å²) in [4.78, 5) is 15.6. The van der Waals surface area contributed by atoms with Gasteiger partial charge in [0, 0.05) is 48.8 Å². The van der Waals surface area contributed by atoms with E-state index < -0.39 is 17.4 Å². The molecule has 1 fully saturated rings. The van der Waals surface area contributed by atoms with Crippen molar-refractivity contribution in [3.8, 4) is 0 Å². The SMILES string of the molecule is NCC1(n2cc(C(N)=O)c(Nc3ccnc(F)c3)n2)CCC(NCc2ccccc2F)CC1. The van der Waals surface area contributed by atoms with E-state index in [9.17, 15) is 13.6 Å². The van der Waals surface area contributed by atoms with E-state index in [0.29, 0.717) is 24.3 Å². The Bertz CT molecular complexity index is 1130. The van der Waals surface area contributed by atoms with E-state index >= 15 is 0 Å². The van der Waals surface area contributed by atoms with Crippen molar-refractivity contribution >= 4 is 17.4 Å². The number of hydrogen-bond donors (Lipinski definition) is 4. The number of primary amides is 1. The van der Waals surface area contributed by atoms with Crippen LogP contribution in [0.2, 0.25) is 0 Å². The largest absolute Gasteiger partial charge is 0.365 e. The van der Waals surface area contributed by atoms with E-state index in [1.807, 2.05) is 6.07 Å². The zero-order valence-electron chi connectivity index (χ0n) is 18.1. The molecule has 1 saturated carbocycles. The average Bonchev–Trinajstić information content (AvgIpc) is 3.24. The monoisotopic (exact) mass is 455 g/mol. The number of nitrogens with two attached hydrogens (primary N) is 2. The summed E-state index contributed by atoms with van der Waals surface area (Å²) in [6.45, 7) is 0.785. The van der Waals surface area contributed by atoms with Crippen LogP contribution in [0.4, 0.5) is 20.3 Å². The van der Waals surface area contributed by atoms with Gasteiger partial charge in [0.25, 0.3) is 5.91 Å². The summed E-state index contributed by atoms with van der Waals surface area (Å²) in [5.41, 5.74) is 12.5. The normalized spacial score (nSPS) is 20.5. The Hall–Kier alpha value is -3.37. The number of hydrogen-bond acceptors (Lipinski definition) is 6. The Labute approximate surface area is 190 Å². The van der Waals surface area contributed by atoms with E-state index in [0.717, 1.165) is 25.7 Å². The standard InChI is InChI=1S/C23H27F2N7O/c24-19-4-2-1-3-15(19)12-29-16-5-8-23(14-26,9-6-16)32-13-18(21(27)33)22(31-32)30-17-7-10-28-20(25)11-17/h1-4,7,10-11,13,16,29H,5-6,8-9,12,14,26H2,(H2,27,33)(H,28,30,31). The van der Waals surface area contributed by atoms with Gasteiger partial charge in [0.05, 0.1) is 5.54 Å². The predicted octanol–water partition coefficient (Wildman–Crippen LogP) is 2.79. The Balaban J connectivity index is 1.48. The van der Waals surface area contributed by atoms with Gasteiger partial charge in [-0.05, 0) is 37.8 Å². The third-order valence-corrected chi connectivity index (χ3v) is 6.29. The number of rotatable bonds is 8. The van der Waals surface area contributed by atoms with E-state index in [4.69, 9.17) is 11.5 Å². The maximum absolute atomic E-state index is 13.9. The van der Waals surface area contributed by atoms with Crippen LogP contribution in [-0.4, -0.2) is 33.3 Å². The number of nitrogens with zero attached hydrogens (tertiary/aromatic N) is 3. The average molecular weight is 456 g/mol. The topological polar surface area (TPSA) is 124 Å². The molecule has 4 rings (SSSR count). The lowest BCUT2D eigenvalue weighted by Crippen LogP contribution is -2.48. The second-order valence-electron chi connectivity index (χ2n) is 8.37. The van der Waals surface area contributed by atoms with E-state index in [-0.39, 0.29) is 23.2 Å². The fourth-order valence-corrected chi connectivity index (χ4v) is 4.29. The Morgan fingerprint density at radius 3 is 2.64 bits per heavy atom. The molecule has 0 spiro atoms. The van der Waals surface area contributed by atoms with E-state index in [1.54, 1.807) is 29.1 Å². The third-order valence-electron chi connectivity index (χ3n) is 6.29. The molecule has 0 aliphatic heterocycles. The van der Waals surface area contributed by atoms with Crippen LogP contribution >= 0.6 is 0 Å². The predicted molar refractivity (Wildman–Crippen MR) is 121 cm³/mol. The third kappa shape index (κ3) is 5.01. The fourth-order valence-electron chi connectivity index (χ4n) is 4.29. The second-order valence-corrected chi connectivity index (χ2v) is 8.37. The van der Waals surface area contributed by atoms with Gasteiger partial charge in [-0.25, -0.2) is 9.37 Å². The van der Waals surface area contributed by atoms with Gasteiger partial charge in [0.2, 0.25) is 5.95 Å². The highest BCUT2D eigenvalue weighted by atomic mass is 19.1. The maximum atomic E-state index is 13.9. The van der Waals surface area contributed by atoms with Gasteiger partial charge in [-0.1, -0.05) is 18.2 Å². The Kier molecular flexibility index (Phi) is 6.66. The molecule has 1 aliphatic carbocycles. The molecule has 1 amide bonds. The van der Waals surface area contributed by atoms with Crippen molar-refractivity contribution in [2.45, 2.75) is 43.8 Å². The quantitative estimate of drug-likeness (QED) is 0.387. The van der Waals surface area contributed by atoms with Crippen molar-refractivity contribution < 1.29 is 13.6 Å². The molecule has 8 nitrogen and oxygen atoms in total. The number of nitrogens with one attached hydrogen (secondary N) is 2. The molecule has 174 valence electrons. The summed E-state index contributed by atoms with van der Waals surface area (Å²) < 4.78 is 29.1. The molecule has 3 aromatic rings. The van der Waals surface area contributed by atoms with Crippen molar-refractivity contribution in [1.82, 2.24) is 20.1 Å². The lowest BCUT2D eigenvalue weighted by molar-refractivity contribution is 0.1000. The molecule has 2 aromatic heterocycles. The van der Waals surface area contributed by atoms with Crippen LogP contribution in [0.1, 0.15) is 41.6 Å². The van der Waals surface area contributed by atoms with Crippen LogP contribution in [-0.2, 0) is 12.1 Å². The van der Waals surface area contributed by atoms with Crippen molar-refractivity contribution in [3.63, 3.8) is 0 Å². The van der Waals surface area contributed by atoms with Gasteiger partial charge >= 0.3 is 0 Å². The van der Waals surface area contributed by atoms with Gasteiger partial charge < -0.3 is 22.1 Å². The van der Waals surface area contributed by atoms with Crippen molar-refractivity contribution in [2.24, 2.45) is 11.5 Å². The number of halogens is 2. The number of pyridine rings is 1. The molecule has 0 unspecified atom stereocenters. The molecular weight excluding hydrogens is 428 g/mol. The van der Waals surface area contributed by atoms with Gasteiger partial charge in [0.1, 0.15) is 11.4 Å². The van der Waals surface area contributed by atoms with Crippen LogP contribution in [0.3, 0.4) is 0 Å². The molecule has 0 bridgehead atoms. The molecule has 0 radical (unpaired) electrons. The summed E-state index contributed by atoms with van der Waals surface area (Å²) in [6.07, 6.45) is 5.99. The maximum Gasteiger partial charge on any atom is 0.254 e. The number of carbonyl (C=O) groups is 1. The van der Waals surface area contributed by atoms with E-state index in [2.05, 4.69) is 20.7 Å². The first-order valence-corrected chi connectivity index (χ1v) is 10.9. The highest BCUT2D eigenvalue weighted by Gasteiger charge is 2.37. The molecule has 6 N–H and O–H groups in total. The van der Waals surface area contributed by atoms with Crippen molar-refractivity contribution in [3.05, 3.63) is 71.7 Å². The summed E-state index contributed by atoms with van der Waals surface area (Å²) in [5, 5.41) is 10.9. The molecule has 33 heavy (non-hydrogen) atoms. The van der Waals surface area contributed by atoms with Crippen LogP contribution in [0.5, 0.6) is 0 Å². The van der Waals surface area contributed by atoms with Crippen LogP contribution in [0, 0.1) is 11.8 Å². The zero-order chi connectivity index (χ0) is 23.4. The minimum absolute atomic E-state index is 0.194. The van der Waals surface area contributed by atoms with Crippen molar-refractivity contribution in [2.75, 3.05) is 11.9 Å². The van der Waals surface area contributed by atoms with Crippen LogP contribution in [0.15, 0.2) is 48.8 Å². The molecule has 10 heteroatoms. The summed E-state index contributed by atoms with van der Waals surface area (Å²) in [5.74, 6) is -1.28. The van der Waals surface area contributed by atoms with Crippen LogP contribution in [0.25, 0.3) is 0 Å². The zero-order valence-corrected chi connectivity index (χ0v) is 18.1. The first-order valence-electron chi connectivity index (χ1n) is 10.9. The van der Waals surface area contributed by atoms with Crippen molar-refractivity contribution in [1.29, 1.82) is 0 Å². The number of anilines is 2. The fraction of sp³-hybridized carbons (Fsp3) is 0.348. The minimum atomic E-state index is -0.653. The van der Waals surface area contributed by atoms with Crippen LogP contribution < -0.4 is 22.1 Å². The second kappa shape index (κ2) is 9.63. The first kappa shape index (κ1) is 22.8. The Morgan fingerprint density at radius 2 is 1.97 bits per heavy atom. The minimum Gasteiger partial charge on any atom is -0.365 e. The lowest BCUT2D eigenvalue weighted by atomic mass is 9.79. The van der Waals surface area contributed by atoms with E-state index in [1.165, 1.54) is 18.3 Å². The molecular formula is C23H27F2N7O. The number of aromatic nitrogens is 3. The molecule has 0 saturated heterocycles. The molecule has 2 heterocycles. The highest BCUT2D eigenvalue weighted by molar-refractivity contribution is 5.98. The van der Waals surface area contributed by atoms with Gasteiger partial charge in [-0.15, -0.1) is 0 Å². The molecule has 0 atom stereocenters. The molecule has 1 aliphatic rings. The number of carbonyl (C=O) groups excluding carboxylic acids is 1. The summed E-state index contributed by atoms with van der Waals surface area (Å²) in [6, 6.07) is 9.71. The molecule has 1 aromatic carbocycles. The van der Waals surface area contributed by atoms with Gasteiger partial charge in [0.15, 0.2) is 5.82 Å². The highest BCUT2D eigenvalue weighted by Crippen LogP contribution is 2.35. The summed E-state index contributed by atoms with van der Waals surface area (Å²) in [7, 11) is 0. The van der Waals surface area contributed by atoms with Gasteiger partial charge in [-0.2, -0.15) is 9.49 Å². The summed E-state index contributed by atoms with van der Waals surface area (Å²) >= 11 is 0. The smallest absolute Gasteiger partial charge is 0.254 e. The lowest BCUT2D eigenvalue weighted by Gasteiger charge is -2.40. The Morgan fingerprint density at radius 1 is 1.21 bits per heavy atom. The van der Waals surface area contributed by atoms with Gasteiger partial charge in [-0.3, -0.25) is 9.48 Å². The number of amides is 1. The number of benzene rings is 1.